The summed E-state index contributed by atoms with van der Waals surface area (Å²) in [5.74, 6) is 0.608. The highest BCUT2D eigenvalue weighted by Crippen LogP contribution is 2.30. The quantitative estimate of drug-likeness (QED) is 0.680. The van der Waals surface area contributed by atoms with Gasteiger partial charge in [-0.25, -0.2) is 13.1 Å². The summed E-state index contributed by atoms with van der Waals surface area (Å²) in [6.07, 6.45) is 0. The van der Waals surface area contributed by atoms with Crippen LogP contribution in [0.1, 0.15) is 20.8 Å². The lowest BCUT2D eigenvalue weighted by Gasteiger charge is -2.34. The molecule has 1 aliphatic rings. The smallest absolute Gasteiger partial charge is 0.241 e. The van der Waals surface area contributed by atoms with Gasteiger partial charge in [-0.2, -0.15) is 0 Å². The minimum atomic E-state index is -3.83. The molecule has 8 nitrogen and oxygen atoms in total. The van der Waals surface area contributed by atoms with Gasteiger partial charge in [-0.15, -0.1) is 0 Å². The van der Waals surface area contributed by atoms with Crippen LogP contribution in [0.5, 0.6) is 11.5 Å². The lowest BCUT2D eigenvalue weighted by Crippen LogP contribution is -2.54. The van der Waals surface area contributed by atoms with Crippen LogP contribution in [0.15, 0.2) is 23.1 Å². The van der Waals surface area contributed by atoms with Gasteiger partial charge in [-0.05, 0) is 32.9 Å². The highest BCUT2D eigenvalue weighted by molar-refractivity contribution is 7.89. The molecule has 0 spiro atoms. The van der Waals surface area contributed by atoms with Gasteiger partial charge in [0.1, 0.15) is 0 Å². The molecule has 1 fully saturated rings. The van der Waals surface area contributed by atoms with Crippen LogP contribution in [0.25, 0.3) is 0 Å². The molecule has 1 heterocycles. The molecule has 1 amide bonds. The molecule has 146 valence electrons. The third-order valence-electron chi connectivity index (χ3n) is 4.06. The van der Waals surface area contributed by atoms with Gasteiger partial charge >= 0.3 is 0 Å². The Bertz CT molecular complexity index is 723. The maximum atomic E-state index is 12.5. The molecular weight excluding hydrogens is 358 g/mol. The lowest BCUT2D eigenvalue weighted by molar-refractivity contribution is -0.132. The second-order valence-electron chi connectivity index (χ2n) is 5.94. The van der Waals surface area contributed by atoms with E-state index in [-0.39, 0.29) is 23.4 Å². The van der Waals surface area contributed by atoms with E-state index in [0.717, 1.165) is 0 Å². The van der Waals surface area contributed by atoms with Gasteiger partial charge in [0.2, 0.25) is 15.9 Å². The number of hydrogen-bond acceptors (Lipinski definition) is 6. The first-order chi connectivity index (χ1) is 12.4. The molecule has 1 aromatic rings. The van der Waals surface area contributed by atoms with E-state index in [4.69, 9.17) is 9.47 Å². The molecule has 1 saturated heterocycles. The topological polar surface area (TPSA) is 97.0 Å². The summed E-state index contributed by atoms with van der Waals surface area (Å²) in [6, 6.07) is 4.45. The molecule has 0 saturated carbocycles. The molecule has 0 bridgehead atoms. The van der Waals surface area contributed by atoms with Crippen molar-refractivity contribution < 1.29 is 22.7 Å². The first-order valence-electron chi connectivity index (χ1n) is 8.78. The monoisotopic (exact) mass is 385 g/mol. The molecule has 26 heavy (non-hydrogen) atoms. The molecule has 9 heteroatoms. The van der Waals surface area contributed by atoms with Crippen molar-refractivity contribution in [2.24, 2.45) is 0 Å². The SMILES string of the molecule is CCOc1ccc(S(=O)(=O)NCC(=O)N2CCNC[C@H]2C)cc1OCC. The predicted molar refractivity (Wildman–Crippen MR) is 98.0 cm³/mol. The maximum Gasteiger partial charge on any atom is 0.241 e. The second-order valence-corrected chi connectivity index (χ2v) is 7.71. The number of sulfonamides is 1. The van der Waals surface area contributed by atoms with Crippen LogP contribution in [0.3, 0.4) is 0 Å². The second kappa shape index (κ2) is 9.20. The highest BCUT2D eigenvalue weighted by Gasteiger charge is 2.25. The highest BCUT2D eigenvalue weighted by atomic mass is 32.2. The Labute approximate surface area is 154 Å². The van der Waals surface area contributed by atoms with Crippen molar-refractivity contribution in [2.45, 2.75) is 31.7 Å². The summed E-state index contributed by atoms with van der Waals surface area (Å²) in [5.41, 5.74) is 0. The summed E-state index contributed by atoms with van der Waals surface area (Å²) in [5, 5.41) is 3.19. The van der Waals surface area contributed by atoms with E-state index in [2.05, 4.69) is 10.0 Å². The van der Waals surface area contributed by atoms with Crippen molar-refractivity contribution in [3.8, 4) is 11.5 Å². The summed E-state index contributed by atoms with van der Waals surface area (Å²) in [6.45, 7) is 8.11. The number of nitrogens with one attached hydrogen (secondary N) is 2. The van der Waals surface area contributed by atoms with Crippen LogP contribution >= 0.6 is 0 Å². The van der Waals surface area contributed by atoms with E-state index in [9.17, 15) is 13.2 Å². The van der Waals surface area contributed by atoms with Gasteiger partial charge in [-0.3, -0.25) is 4.79 Å². The van der Waals surface area contributed by atoms with Crippen molar-refractivity contribution in [1.29, 1.82) is 0 Å². The van der Waals surface area contributed by atoms with Crippen molar-refractivity contribution >= 4 is 15.9 Å². The molecule has 1 aromatic carbocycles. The van der Waals surface area contributed by atoms with E-state index in [0.29, 0.717) is 44.3 Å². The number of carbonyl (C=O) groups excluding carboxylic acids is 1. The number of carbonyl (C=O) groups is 1. The van der Waals surface area contributed by atoms with Crippen molar-refractivity contribution in [3.05, 3.63) is 18.2 Å². The Morgan fingerprint density at radius 3 is 2.62 bits per heavy atom. The molecule has 0 aliphatic carbocycles. The zero-order valence-electron chi connectivity index (χ0n) is 15.4. The molecule has 1 aliphatic heterocycles. The van der Waals surface area contributed by atoms with Gasteiger partial charge in [0, 0.05) is 31.7 Å². The molecule has 0 radical (unpaired) electrons. The van der Waals surface area contributed by atoms with Gasteiger partial charge in [0.15, 0.2) is 11.5 Å². The Balaban J connectivity index is 2.09. The fourth-order valence-electron chi connectivity index (χ4n) is 2.75. The van der Waals surface area contributed by atoms with Gasteiger partial charge < -0.3 is 19.7 Å². The van der Waals surface area contributed by atoms with E-state index < -0.39 is 10.0 Å². The van der Waals surface area contributed by atoms with Crippen molar-refractivity contribution in [1.82, 2.24) is 14.9 Å². The summed E-state index contributed by atoms with van der Waals surface area (Å²) in [4.78, 5) is 14.0. The number of ether oxygens (including phenoxy) is 2. The number of amides is 1. The molecule has 2 N–H and O–H groups in total. The van der Waals surface area contributed by atoms with Crippen LogP contribution in [0, 0.1) is 0 Å². The minimum absolute atomic E-state index is 0.0329. The lowest BCUT2D eigenvalue weighted by atomic mass is 10.2. The molecule has 2 rings (SSSR count). The van der Waals surface area contributed by atoms with Crippen LogP contribution in [-0.4, -0.2) is 64.7 Å². The molecule has 1 atom stereocenters. The van der Waals surface area contributed by atoms with Gasteiger partial charge in [-0.1, -0.05) is 0 Å². The average Bonchev–Trinajstić information content (AvgIpc) is 2.62. The standard InChI is InChI=1S/C17H27N3O5S/c1-4-24-15-7-6-14(10-16(15)25-5-2)26(22,23)19-12-17(21)20-9-8-18-11-13(20)3/h6-7,10,13,18-19H,4-5,8-9,11-12H2,1-3H3/t13-/m1/s1. The summed E-state index contributed by atoms with van der Waals surface area (Å²) >= 11 is 0. The van der Waals surface area contributed by atoms with E-state index >= 15 is 0 Å². The third kappa shape index (κ3) is 5.09. The van der Waals surface area contributed by atoms with E-state index in [1.165, 1.54) is 12.1 Å². The van der Waals surface area contributed by atoms with Crippen LogP contribution < -0.4 is 19.5 Å². The minimum Gasteiger partial charge on any atom is -0.490 e. The van der Waals surface area contributed by atoms with Gasteiger partial charge in [0.25, 0.3) is 0 Å². The van der Waals surface area contributed by atoms with Crippen LogP contribution in [0.2, 0.25) is 0 Å². The van der Waals surface area contributed by atoms with Crippen molar-refractivity contribution in [3.63, 3.8) is 0 Å². The first-order valence-corrected chi connectivity index (χ1v) is 10.3. The Hall–Kier alpha value is -1.84. The fourth-order valence-corrected chi connectivity index (χ4v) is 3.74. The predicted octanol–water partition coefficient (Wildman–Crippen LogP) is 0.583. The molecular formula is C17H27N3O5S. The summed E-state index contributed by atoms with van der Waals surface area (Å²) < 4.78 is 38.4. The Kier molecular flexibility index (Phi) is 7.24. The van der Waals surface area contributed by atoms with Crippen molar-refractivity contribution in [2.75, 3.05) is 39.4 Å². The van der Waals surface area contributed by atoms with Crippen LogP contribution in [-0.2, 0) is 14.8 Å². The number of hydrogen-bond donors (Lipinski definition) is 2. The van der Waals surface area contributed by atoms with E-state index in [1.807, 2.05) is 20.8 Å². The summed E-state index contributed by atoms with van der Waals surface area (Å²) in [7, 11) is -3.83. The zero-order chi connectivity index (χ0) is 19.2. The normalized spacial score (nSPS) is 17.8. The first kappa shape index (κ1) is 20.5. The third-order valence-corrected chi connectivity index (χ3v) is 5.46. The maximum absolute atomic E-state index is 12.5. The fraction of sp³-hybridized carbons (Fsp3) is 0.588. The number of benzene rings is 1. The number of nitrogens with zero attached hydrogens (tertiary/aromatic N) is 1. The number of rotatable bonds is 8. The van der Waals surface area contributed by atoms with Gasteiger partial charge in [0.05, 0.1) is 24.7 Å². The number of piperazine rings is 1. The zero-order valence-corrected chi connectivity index (χ0v) is 16.3. The Morgan fingerprint density at radius 1 is 1.27 bits per heavy atom. The Morgan fingerprint density at radius 2 is 1.96 bits per heavy atom. The molecule has 0 aromatic heterocycles. The van der Waals surface area contributed by atoms with Crippen LogP contribution in [0.4, 0.5) is 0 Å². The largest absolute Gasteiger partial charge is 0.490 e. The average molecular weight is 385 g/mol. The molecule has 0 unspecified atom stereocenters. The van der Waals surface area contributed by atoms with E-state index in [1.54, 1.807) is 11.0 Å².